The topological polar surface area (TPSA) is 8.17 Å². The molecular formula is C67H44N2. The van der Waals surface area contributed by atoms with Crippen LogP contribution in [0, 0.1) is 0 Å². The van der Waals surface area contributed by atoms with Crippen molar-refractivity contribution in [1.29, 1.82) is 0 Å². The Hall–Kier alpha value is -8.98. The number of para-hydroxylation sites is 4. The number of nitrogens with zero attached hydrogens (tertiary/aromatic N) is 2. The van der Waals surface area contributed by atoms with Crippen molar-refractivity contribution in [2.75, 3.05) is 4.90 Å². The fourth-order valence-electron chi connectivity index (χ4n) is 11.9. The van der Waals surface area contributed by atoms with E-state index in [1.807, 2.05) is 0 Å². The molecule has 0 amide bonds. The molecule has 2 nitrogen and oxygen atoms in total. The van der Waals surface area contributed by atoms with Gasteiger partial charge in [0.05, 0.1) is 27.8 Å². The molecule has 1 spiro atoms. The van der Waals surface area contributed by atoms with Gasteiger partial charge < -0.3 is 9.47 Å². The minimum absolute atomic E-state index is 0.495. The predicted octanol–water partition coefficient (Wildman–Crippen LogP) is 17.6. The molecule has 0 bridgehead atoms. The highest BCUT2D eigenvalue weighted by Gasteiger charge is 2.50. The fraction of sp³-hybridized carbons (Fsp3) is 0.0149. The molecular weight excluding hydrogens is 833 g/mol. The maximum atomic E-state index is 2.51. The van der Waals surface area contributed by atoms with Crippen molar-refractivity contribution in [3.05, 3.63) is 289 Å². The van der Waals surface area contributed by atoms with Gasteiger partial charge in [-0.1, -0.05) is 212 Å². The van der Waals surface area contributed by atoms with E-state index in [2.05, 4.69) is 276 Å². The normalized spacial score (nSPS) is 14.1. The van der Waals surface area contributed by atoms with Gasteiger partial charge in [0, 0.05) is 27.7 Å². The van der Waals surface area contributed by atoms with Crippen molar-refractivity contribution < 1.29 is 0 Å². The number of hydrogen-bond acceptors (Lipinski definition) is 1. The maximum Gasteiger partial charge on any atom is 0.0754 e. The zero-order valence-electron chi connectivity index (χ0n) is 37.8. The second kappa shape index (κ2) is 15.6. The van der Waals surface area contributed by atoms with E-state index in [1.54, 1.807) is 0 Å². The molecule has 14 rings (SSSR count). The molecule has 11 aromatic carbocycles. The largest absolute Gasteiger partial charge is 0.310 e. The molecule has 0 saturated heterocycles. The zero-order chi connectivity index (χ0) is 45.5. The minimum Gasteiger partial charge on any atom is -0.310 e. The molecule has 1 aliphatic heterocycles. The van der Waals surface area contributed by atoms with E-state index in [0.717, 1.165) is 39.3 Å². The van der Waals surface area contributed by atoms with Gasteiger partial charge in [-0.25, -0.2) is 0 Å². The smallest absolute Gasteiger partial charge is 0.0754 e. The van der Waals surface area contributed by atoms with Crippen molar-refractivity contribution in [3.63, 3.8) is 0 Å². The second-order valence-corrected chi connectivity index (χ2v) is 18.4. The lowest BCUT2D eigenvalue weighted by Gasteiger charge is -2.39. The lowest BCUT2D eigenvalue weighted by Crippen LogP contribution is -2.33. The van der Waals surface area contributed by atoms with Crippen LogP contribution in [0.15, 0.2) is 267 Å². The quantitative estimate of drug-likeness (QED) is 0.155. The summed E-state index contributed by atoms with van der Waals surface area (Å²) in [4.78, 5) is 2.46. The highest BCUT2D eigenvalue weighted by molar-refractivity contribution is 6.13. The zero-order valence-corrected chi connectivity index (χ0v) is 37.8. The van der Waals surface area contributed by atoms with Crippen LogP contribution in [0.3, 0.4) is 0 Å². The van der Waals surface area contributed by atoms with Gasteiger partial charge in [0.15, 0.2) is 0 Å². The second-order valence-electron chi connectivity index (χ2n) is 18.4. The van der Waals surface area contributed by atoms with Crippen LogP contribution in [-0.4, -0.2) is 4.57 Å². The Bertz CT molecular complexity index is 3900. The first-order valence-corrected chi connectivity index (χ1v) is 23.9. The average molecular weight is 877 g/mol. The summed E-state index contributed by atoms with van der Waals surface area (Å²) in [5.41, 5.74) is 23.8. The first kappa shape index (κ1) is 39.2. The molecule has 0 N–H and O–H groups in total. The van der Waals surface area contributed by atoms with Gasteiger partial charge in [-0.3, -0.25) is 0 Å². The maximum absolute atomic E-state index is 2.51. The van der Waals surface area contributed by atoms with Gasteiger partial charge in [-0.2, -0.15) is 0 Å². The van der Waals surface area contributed by atoms with Crippen LogP contribution in [0.2, 0.25) is 0 Å². The fourth-order valence-corrected chi connectivity index (χ4v) is 11.9. The molecule has 0 saturated carbocycles. The van der Waals surface area contributed by atoms with Gasteiger partial charge in [0.1, 0.15) is 0 Å². The summed E-state index contributed by atoms with van der Waals surface area (Å²) in [6, 6.07) is 98.6. The molecule has 0 radical (unpaired) electrons. The van der Waals surface area contributed by atoms with E-state index in [4.69, 9.17) is 0 Å². The number of aromatic nitrogens is 1. The van der Waals surface area contributed by atoms with Crippen molar-refractivity contribution in [3.8, 4) is 61.3 Å². The Morgan fingerprint density at radius 3 is 1.59 bits per heavy atom. The summed E-state index contributed by atoms with van der Waals surface area (Å²) in [5.74, 6) is 0. The van der Waals surface area contributed by atoms with E-state index in [1.165, 1.54) is 83.1 Å². The van der Waals surface area contributed by atoms with Gasteiger partial charge in [-0.15, -0.1) is 0 Å². The van der Waals surface area contributed by atoms with Crippen LogP contribution in [0.4, 0.5) is 17.1 Å². The van der Waals surface area contributed by atoms with Crippen molar-refractivity contribution >= 4 is 38.9 Å². The molecule has 1 unspecified atom stereocenters. The summed E-state index contributed by atoms with van der Waals surface area (Å²) in [7, 11) is 0. The third-order valence-electron chi connectivity index (χ3n) is 14.8. The van der Waals surface area contributed by atoms with E-state index in [0.29, 0.717) is 0 Å². The number of rotatable bonds is 7. The number of benzene rings is 11. The standard InChI is InChI=1S/C67H44N2/c1-4-20-45(21-5-1)50-40-51(46-22-6-2-7-23-46)43-53(42-50)68(63-35-15-11-28-54(63)47-24-8-3-9-25-47)52-27-18-26-48(41-52)49-38-39-60-58(44-49)55-29-10-13-32-59(55)67(60)61-33-14-17-37-65(61)69-64-36-16-12-30-56(64)57-31-19-34-62(67)66(57)69/h1-44H. The summed E-state index contributed by atoms with van der Waals surface area (Å²) in [6.45, 7) is 0. The first-order valence-electron chi connectivity index (χ1n) is 23.9. The van der Waals surface area contributed by atoms with Crippen molar-refractivity contribution in [2.45, 2.75) is 5.41 Å². The Morgan fingerprint density at radius 2 is 0.826 bits per heavy atom. The van der Waals surface area contributed by atoms with E-state index in [9.17, 15) is 0 Å². The molecule has 1 atom stereocenters. The number of hydrogen-bond donors (Lipinski definition) is 0. The molecule has 12 aromatic rings. The molecule has 69 heavy (non-hydrogen) atoms. The monoisotopic (exact) mass is 876 g/mol. The van der Waals surface area contributed by atoms with Crippen LogP contribution in [0.5, 0.6) is 0 Å². The summed E-state index contributed by atoms with van der Waals surface area (Å²) in [5, 5.41) is 2.58. The van der Waals surface area contributed by atoms with Crippen molar-refractivity contribution in [2.24, 2.45) is 0 Å². The summed E-state index contributed by atoms with van der Waals surface area (Å²) >= 11 is 0. The van der Waals surface area contributed by atoms with E-state index >= 15 is 0 Å². The number of anilines is 3. The lowest BCUT2D eigenvalue weighted by molar-refractivity contribution is 0.748. The highest BCUT2D eigenvalue weighted by atomic mass is 15.1. The van der Waals surface area contributed by atoms with Gasteiger partial charge in [0.2, 0.25) is 0 Å². The van der Waals surface area contributed by atoms with Gasteiger partial charge in [0.25, 0.3) is 0 Å². The van der Waals surface area contributed by atoms with E-state index < -0.39 is 5.41 Å². The average Bonchev–Trinajstić information content (AvgIpc) is 3.92. The third kappa shape index (κ3) is 5.92. The van der Waals surface area contributed by atoms with Gasteiger partial charge in [-0.05, 0) is 127 Å². The predicted molar refractivity (Wildman–Crippen MR) is 288 cm³/mol. The molecule has 2 heteroatoms. The van der Waals surface area contributed by atoms with Crippen LogP contribution in [-0.2, 0) is 5.41 Å². The SMILES string of the molecule is c1ccc(-c2cc(-c3ccccc3)cc(N(c3cccc(-c4ccc5c(c4)-c4ccccc4C54c5ccccc5-n5c6ccccc6c6cccc4c65)c3)c3ccccc3-c3ccccc3)c2)cc1. The first-order chi connectivity index (χ1) is 34.2. The third-order valence-corrected chi connectivity index (χ3v) is 14.8. The molecule has 2 heterocycles. The number of fused-ring (bicyclic) bond motifs is 12. The summed E-state index contributed by atoms with van der Waals surface area (Å²) < 4.78 is 2.51. The molecule has 322 valence electrons. The molecule has 1 aromatic heterocycles. The molecule has 1 aliphatic carbocycles. The molecule has 0 fully saturated rings. The molecule has 2 aliphatic rings. The van der Waals surface area contributed by atoms with Crippen LogP contribution < -0.4 is 4.90 Å². The summed E-state index contributed by atoms with van der Waals surface area (Å²) in [6.07, 6.45) is 0. The van der Waals surface area contributed by atoms with E-state index in [-0.39, 0.29) is 0 Å². The van der Waals surface area contributed by atoms with Crippen LogP contribution in [0.1, 0.15) is 22.3 Å². The van der Waals surface area contributed by atoms with Crippen LogP contribution >= 0.6 is 0 Å². The highest BCUT2D eigenvalue weighted by Crippen LogP contribution is 2.61. The van der Waals surface area contributed by atoms with Gasteiger partial charge >= 0.3 is 0 Å². The Morgan fingerprint density at radius 1 is 0.290 bits per heavy atom. The van der Waals surface area contributed by atoms with Crippen LogP contribution in [0.25, 0.3) is 83.1 Å². The Kier molecular flexibility index (Phi) is 8.84. The minimum atomic E-state index is -0.495. The lowest BCUT2D eigenvalue weighted by atomic mass is 9.65. The Balaban J connectivity index is 0.979. The Labute approximate surface area is 402 Å². The van der Waals surface area contributed by atoms with Crippen molar-refractivity contribution in [1.82, 2.24) is 4.57 Å².